The number of nitrogens with zero attached hydrogens (tertiary/aromatic N) is 1. The fourth-order valence-corrected chi connectivity index (χ4v) is 9.38. The van der Waals surface area contributed by atoms with Crippen molar-refractivity contribution < 1.29 is 4.42 Å². The second-order valence-corrected chi connectivity index (χ2v) is 15.6. The molecule has 11 aromatic carbocycles. The van der Waals surface area contributed by atoms with Crippen molar-refractivity contribution in [2.24, 2.45) is 0 Å². The van der Waals surface area contributed by atoms with Gasteiger partial charge in [-0.2, -0.15) is 0 Å². The molecule has 0 saturated heterocycles. The van der Waals surface area contributed by atoms with Gasteiger partial charge in [-0.1, -0.05) is 170 Å². The molecule has 0 aliphatic rings. The van der Waals surface area contributed by atoms with Gasteiger partial charge in [0.05, 0.1) is 0 Å². The second-order valence-electron chi connectivity index (χ2n) is 15.6. The Labute approximate surface area is 347 Å². The van der Waals surface area contributed by atoms with E-state index in [-0.39, 0.29) is 0 Å². The van der Waals surface area contributed by atoms with E-state index in [0.29, 0.717) is 0 Å². The molecule has 1 heterocycles. The molecule has 0 saturated carbocycles. The Morgan fingerprint density at radius 3 is 1.55 bits per heavy atom. The van der Waals surface area contributed by atoms with E-state index in [9.17, 15) is 0 Å². The number of rotatable bonds is 6. The first-order valence-electron chi connectivity index (χ1n) is 20.6. The van der Waals surface area contributed by atoms with Crippen molar-refractivity contribution >= 4 is 82.1 Å². The second kappa shape index (κ2) is 13.9. The van der Waals surface area contributed by atoms with E-state index in [1.54, 1.807) is 0 Å². The molecule has 60 heavy (non-hydrogen) atoms. The molecule has 0 atom stereocenters. The first kappa shape index (κ1) is 34.1. The van der Waals surface area contributed by atoms with Crippen LogP contribution in [0.25, 0.3) is 98.4 Å². The van der Waals surface area contributed by atoms with Gasteiger partial charge in [0.1, 0.15) is 11.2 Å². The quantitative estimate of drug-likeness (QED) is 0.157. The van der Waals surface area contributed by atoms with Crippen molar-refractivity contribution in [3.05, 3.63) is 224 Å². The summed E-state index contributed by atoms with van der Waals surface area (Å²) in [4.78, 5) is 2.34. The number of hydrogen-bond acceptors (Lipinski definition) is 2. The minimum atomic E-state index is 0.869. The van der Waals surface area contributed by atoms with E-state index < -0.39 is 0 Å². The summed E-state index contributed by atoms with van der Waals surface area (Å²) in [6.07, 6.45) is 0. The summed E-state index contributed by atoms with van der Waals surface area (Å²) in [5, 5.41) is 12.0. The number of anilines is 3. The number of hydrogen-bond donors (Lipinski definition) is 0. The lowest BCUT2D eigenvalue weighted by Gasteiger charge is -2.26. The van der Waals surface area contributed by atoms with E-state index in [0.717, 1.165) is 50.0 Å². The number of benzene rings is 11. The van der Waals surface area contributed by atoms with Crippen LogP contribution in [0.2, 0.25) is 0 Å². The zero-order chi connectivity index (χ0) is 39.6. The lowest BCUT2D eigenvalue weighted by molar-refractivity contribution is 0.672. The Balaban J connectivity index is 1.02. The minimum absolute atomic E-state index is 0.869. The third-order valence-corrected chi connectivity index (χ3v) is 12.2. The lowest BCUT2D eigenvalue weighted by atomic mass is 9.84. The highest BCUT2D eigenvalue weighted by atomic mass is 16.3. The maximum absolute atomic E-state index is 6.69. The van der Waals surface area contributed by atoms with Crippen LogP contribution in [-0.2, 0) is 0 Å². The van der Waals surface area contributed by atoms with E-state index in [4.69, 9.17) is 4.42 Å². The summed E-state index contributed by atoms with van der Waals surface area (Å²) in [5.74, 6) is 0. The highest BCUT2D eigenvalue weighted by Gasteiger charge is 2.20. The summed E-state index contributed by atoms with van der Waals surface area (Å²) in [6, 6.07) is 81.2. The highest BCUT2D eigenvalue weighted by molar-refractivity contribution is 6.22. The minimum Gasteiger partial charge on any atom is -0.455 e. The molecule has 2 nitrogen and oxygen atoms in total. The standard InChI is InChI=1S/C58H37NO/c1-3-15-41(16-4-1)56-52-22-12-11-21-49(52)50-32-27-44(36-54(50)57(56)42-17-5-2-6-18-42)39-23-28-45(29-24-39)59(46-30-25-38-13-7-8-19-43(38)35-46)47-31-34-51-53-33-26-40-14-9-10-20-48(40)58(53)60-55(51)37-47/h1-37H. The van der Waals surface area contributed by atoms with Crippen LogP contribution in [0.1, 0.15) is 0 Å². The molecule has 0 N–H and O–H groups in total. The smallest absolute Gasteiger partial charge is 0.143 e. The maximum Gasteiger partial charge on any atom is 0.143 e. The van der Waals surface area contributed by atoms with E-state index >= 15 is 0 Å². The van der Waals surface area contributed by atoms with Crippen LogP contribution in [-0.4, -0.2) is 0 Å². The van der Waals surface area contributed by atoms with Crippen LogP contribution in [0, 0.1) is 0 Å². The van der Waals surface area contributed by atoms with Gasteiger partial charge < -0.3 is 9.32 Å². The van der Waals surface area contributed by atoms with Crippen molar-refractivity contribution in [1.29, 1.82) is 0 Å². The molecular formula is C58H37NO. The van der Waals surface area contributed by atoms with Crippen LogP contribution in [0.3, 0.4) is 0 Å². The predicted octanol–water partition coefficient (Wildman–Crippen LogP) is 16.7. The van der Waals surface area contributed by atoms with Gasteiger partial charge in [-0.3, -0.25) is 0 Å². The Kier molecular flexibility index (Phi) is 7.89. The third kappa shape index (κ3) is 5.57. The summed E-state index contributed by atoms with van der Waals surface area (Å²) < 4.78 is 6.69. The van der Waals surface area contributed by atoms with Gasteiger partial charge in [-0.05, 0) is 120 Å². The fraction of sp³-hybridized carbons (Fsp3) is 0. The van der Waals surface area contributed by atoms with Gasteiger partial charge in [0.25, 0.3) is 0 Å². The van der Waals surface area contributed by atoms with E-state index in [1.807, 2.05) is 0 Å². The summed E-state index contributed by atoms with van der Waals surface area (Å²) in [5.41, 5.74) is 12.3. The predicted molar refractivity (Wildman–Crippen MR) is 255 cm³/mol. The van der Waals surface area contributed by atoms with Gasteiger partial charge in [-0.25, -0.2) is 0 Å². The highest BCUT2D eigenvalue weighted by Crippen LogP contribution is 2.46. The Bertz CT molecular complexity index is 3590. The average molecular weight is 764 g/mol. The van der Waals surface area contributed by atoms with Gasteiger partial charge in [0, 0.05) is 39.3 Å². The zero-order valence-corrected chi connectivity index (χ0v) is 32.7. The topological polar surface area (TPSA) is 16.4 Å². The summed E-state index contributed by atoms with van der Waals surface area (Å²) in [7, 11) is 0. The Hall–Kier alpha value is -7.94. The summed E-state index contributed by atoms with van der Waals surface area (Å²) >= 11 is 0. The van der Waals surface area contributed by atoms with Crippen LogP contribution >= 0.6 is 0 Å². The van der Waals surface area contributed by atoms with Gasteiger partial charge in [0.2, 0.25) is 0 Å². The molecule has 280 valence electrons. The Morgan fingerprint density at radius 2 is 0.783 bits per heavy atom. The van der Waals surface area contributed by atoms with Gasteiger partial charge in [0.15, 0.2) is 0 Å². The van der Waals surface area contributed by atoms with Crippen molar-refractivity contribution in [3.63, 3.8) is 0 Å². The molecule has 0 bridgehead atoms. The number of furan rings is 1. The van der Waals surface area contributed by atoms with E-state index in [2.05, 4.69) is 229 Å². The maximum atomic E-state index is 6.69. The molecule has 12 rings (SSSR count). The van der Waals surface area contributed by atoms with Crippen LogP contribution < -0.4 is 4.90 Å². The zero-order valence-electron chi connectivity index (χ0n) is 32.7. The van der Waals surface area contributed by atoms with Gasteiger partial charge in [-0.15, -0.1) is 0 Å². The van der Waals surface area contributed by atoms with Crippen molar-refractivity contribution in [3.8, 4) is 33.4 Å². The molecule has 0 aliphatic heterocycles. The molecule has 0 aliphatic carbocycles. The molecule has 12 aromatic rings. The molecular weight excluding hydrogens is 727 g/mol. The SMILES string of the molecule is c1ccc(-c2c(-c3ccccc3)c3cc(-c4ccc(N(c5ccc6ccccc6c5)c5ccc6c(c5)oc5c7ccccc7ccc65)cc4)ccc3c3ccccc23)cc1. The molecule has 0 amide bonds. The summed E-state index contributed by atoms with van der Waals surface area (Å²) in [6.45, 7) is 0. The average Bonchev–Trinajstić information content (AvgIpc) is 3.70. The molecule has 0 unspecified atom stereocenters. The van der Waals surface area contributed by atoms with E-state index in [1.165, 1.54) is 65.5 Å². The van der Waals surface area contributed by atoms with Crippen LogP contribution in [0.5, 0.6) is 0 Å². The third-order valence-electron chi connectivity index (χ3n) is 12.2. The molecule has 0 spiro atoms. The molecule has 0 radical (unpaired) electrons. The van der Waals surface area contributed by atoms with Crippen molar-refractivity contribution in [2.45, 2.75) is 0 Å². The largest absolute Gasteiger partial charge is 0.455 e. The molecule has 0 fully saturated rings. The Morgan fingerprint density at radius 1 is 0.267 bits per heavy atom. The van der Waals surface area contributed by atoms with Crippen LogP contribution in [0.15, 0.2) is 229 Å². The first-order chi connectivity index (χ1) is 29.7. The number of fused-ring (bicyclic) bond motifs is 9. The van der Waals surface area contributed by atoms with Crippen molar-refractivity contribution in [1.82, 2.24) is 0 Å². The van der Waals surface area contributed by atoms with Crippen molar-refractivity contribution in [2.75, 3.05) is 4.90 Å². The molecule has 2 heteroatoms. The lowest BCUT2D eigenvalue weighted by Crippen LogP contribution is -2.09. The first-order valence-corrected chi connectivity index (χ1v) is 20.6. The molecule has 1 aromatic heterocycles. The normalized spacial score (nSPS) is 11.7. The van der Waals surface area contributed by atoms with Gasteiger partial charge >= 0.3 is 0 Å². The fourth-order valence-electron chi connectivity index (χ4n) is 9.38. The monoisotopic (exact) mass is 763 g/mol. The van der Waals surface area contributed by atoms with Crippen LogP contribution in [0.4, 0.5) is 17.1 Å².